The number of para-hydroxylation sites is 2. The lowest BCUT2D eigenvalue weighted by molar-refractivity contribution is -0.111. The Hall–Kier alpha value is -2.07. The summed E-state index contributed by atoms with van der Waals surface area (Å²) in [5, 5.41) is 2.83. The highest BCUT2D eigenvalue weighted by Gasteiger charge is 2.03. The van der Waals surface area contributed by atoms with E-state index in [1.165, 1.54) is 6.08 Å². The third-order valence-corrected chi connectivity index (χ3v) is 3.62. The molecule has 0 bridgehead atoms. The fraction of sp³-hybridized carbons (Fsp3) is 0.167. The molecule has 0 fully saturated rings. The van der Waals surface area contributed by atoms with E-state index in [0.29, 0.717) is 6.61 Å². The van der Waals surface area contributed by atoms with Crippen LogP contribution in [-0.4, -0.2) is 12.5 Å². The van der Waals surface area contributed by atoms with Crippen LogP contribution in [0, 0.1) is 0 Å². The minimum Gasteiger partial charge on any atom is -0.493 e. The molecule has 1 N–H and O–H groups in total. The van der Waals surface area contributed by atoms with Gasteiger partial charge in [-0.1, -0.05) is 37.3 Å². The lowest BCUT2D eigenvalue weighted by Gasteiger charge is -2.08. The summed E-state index contributed by atoms with van der Waals surface area (Å²) in [5.74, 6) is 0.603. The normalized spacial score (nSPS) is 10.6. The highest BCUT2D eigenvalue weighted by atomic mass is 79.9. The number of ether oxygens (including phenoxy) is 1. The largest absolute Gasteiger partial charge is 0.493 e. The van der Waals surface area contributed by atoms with E-state index < -0.39 is 0 Å². The summed E-state index contributed by atoms with van der Waals surface area (Å²) in [4.78, 5) is 12.0. The molecule has 1 amide bonds. The van der Waals surface area contributed by atoms with Crippen LogP contribution in [0.15, 0.2) is 59.1 Å². The Kier molecular flexibility index (Phi) is 6.22. The van der Waals surface area contributed by atoms with Crippen LogP contribution in [-0.2, 0) is 4.79 Å². The third-order valence-electron chi connectivity index (χ3n) is 2.93. The second kappa shape index (κ2) is 8.39. The van der Waals surface area contributed by atoms with Crippen molar-refractivity contribution in [2.45, 2.75) is 13.3 Å². The summed E-state index contributed by atoms with van der Waals surface area (Å²) in [6.07, 6.45) is 4.21. The molecule has 0 aliphatic heterocycles. The van der Waals surface area contributed by atoms with E-state index in [2.05, 4.69) is 28.2 Å². The number of amides is 1. The first-order chi connectivity index (χ1) is 10.7. The first kappa shape index (κ1) is 16.3. The zero-order valence-corrected chi connectivity index (χ0v) is 14.0. The summed E-state index contributed by atoms with van der Waals surface area (Å²) >= 11 is 3.40. The smallest absolute Gasteiger partial charge is 0.248 e. The zero-order valence-electron chi connectivity index (χ0n) is 12.4. The van der Waals surface area contributed by atoms with Gasteiger partial charge >= 0.3 is 0 Å². The first-order valence-corrected chi connectivity index (χ1v) is 7.95. The summed E-state index contributed by atoms with van der Waals surface area (Å²) < 4.78 is 6.52. The standard InChI is InChI=1S/C18H18BrNO2/c1-2-13-22-17-10-6-3-7-14(17)11-12-18(21)20-16-9-5-4-8-15(16)19/h3-12H,2,13H2,1H3,(H,20,21). The molecular formula is C18H18BrNO2. The molecule has 0 aliphatic carbocycles. The molecule has 22 heavy (non-hydrogen) atoms. The SMILES string of the molecule is CCCOc1ccccc1C=CC(=O)Nc1ccccc1Br. The van der Waals surface area contributed by atoms with Crippen LogP contribution in [0.4, 0.5) is 5.69 Å². The first-order valence-electron chi connectivity index (χ1n) is 7.16. The Morgan fingerprint density at radius 1 is 1.18 bits per heavy atom. The lowest BCUT2D eigenvalue weighted by Crippen LogP contribution is -2.08. The van der Waals surface area contributed by atoms with Gasteiger partial charge in [-0.05, 0) is 46.6 Å². The van der Waals surface area contributed by atoms with Gasteiger partial charge in [0.2, 0.25) is 5.91 Å². The number of halogens is 1. The van der Waals surface area contributed by atoms with Crippen molar-refractivity contribution >= 4 is 33.6 Å². The summed E-state index contributed by atoms with van der Waals surface area (Å²) in [6.45, 7) is 2.72. The van der Waals surface area contributed by atoms with E-state index in [1.54, 1.807) is 6.08 Å². The molecule has 0 heterocycles. The topological polar surface area (TPSA) is 38.3 Å². The van der Waals surface area contributed by atoms with Crippen molar-refractivity contribution in [3.8, 4) is 5.75 Å². The minimum atomic E-state index is -0.183. The number of anilines is 1. The van der Waals surface area contributed by atoms with E-state index >= 15 is 0 Å². The molecule has 0 unspecified atom stereocenters. The molecule has 114 valence electrons. The predicted octanol–water partition coefficient (Wildman–Crippen LogP) is 4.89. The molecule has 2 aromatic rings. The Labute approximate surface area is 139 Å². The van der Waals surface area contributed by atoms with Gasteiger partial charge in [-0.3, -0.25) is 4.79 Å². The van der Waals surface area contributed by atoms with Gasteiger partial charge in [0.25, 0.3) is 0 Å². The van der Waals surface area contributed by atoms with Crippen LogP contribution in [0.5, 0.6) is 5.75 Å². The Morgan fingerprint density at radius 3 is 2.68 bits per heavy atom. The molecule has 0 saturated heterocycles. The van der Waals surface area contributed by atoms with Crippen LogP contribution in [0.2, 0.25) is 0 Å². The number of hydrogen-bond acceptors (Lipinski definition) is 2. The van der Waals surface area contributed by atoms with Gasteiger partial charge in [-0.15, -0.1) is 0 Å². The van der Waals surface area contributed by atoms with Crippen molar-refractivity contribution < 1.29 is 9.53 Å². The van der Waals surface area contributed by atoms with Crippen LogP contribution in [0.3, 0.4) is 0 Å². The van der Waals surface area contributed by atoms with Crippen molar-refractivity contribution in [1.29, 1.82) is 0 Å². The van der Waals surface area contributed by atoms with Gasteiger partial charge in [0.1, 0.15) is 5.75 Å². The number of benzene rings is 2. The molecule has 0 aromatic heterocycles. The van der Waals surface area contributed by atoms with Gasteiger partial charge in [-0.2, -0.15) is 0 Å². The highest BCUT2D eigenvalue weighted by Crippen LogP contribution is 2.22. The average Bonchev–Trinajstić information content (AvgIpc) is 2.54. The summed E-state index contributed by atoms with van der Waals surface area (Å²) in [7, 11) is 0. The molecule has 3 nitrogen and oxygen atoms in total. The molecule has 2 rings (SSSR count). The maximum Gasteiger partial charge on any atom is 0.248 e. The van der Waals surface area contributed by atoms with Gasteiger partial charge in [0.05, 0.1) is 12.3 Å². The fourth-order valence-electron chi connectivity index (χ4n) is 1.86. The number of hydrogen-bond donors (Lipinski definition) is 1. The van der Waals surface area contributed by atoms with Crippen molar-refractivity contribution in [2.75, 3.05) is 11.9 Å². The van der Waals surface area contributed by atoms with Crippen molar-refractivity contribution in [3.05, 3.63) is 64.6 Å². The van der Waals surface area contributed by atoms with E-state index in [1.807, 2.05) is 48.5 Å². The zero-order chi connectivity index (χ0) is 15.8. The number of carbonyl (C=O) groups excluding carboxylic acids is 1. The second-order valence-electron chi connectivity index (χ2n) is 4.69. The monoisotopic (exact) mass is 359 g/mol. The van der Waals surface area contributed by atoms with E-state index in [-0.39, 0.29) is 5.91 Å². The van der Waals surface area contributed by atoms with Crippen molar-refractivity contribution in [2.24, 2.45) is 0 Å². The fourth-order valence-corrected chi connectivity index (χ4v) is 2.25. The van der Waals surface area contributed by atoms with Crippen molar-refractivity contribution in [1.82, 2.24) is 0 Å². The van der Waals surface area contributed by atoms with Gasteiger partial charge in [0.15, 0.2) is 0 Å². The van der Waals surface area contributed by atoms with Crippen LogP contribution in [0.1, 0.15) is 18.9 Å². The third kappa shape index (κ3) is 4.74. The van der Waals surface area contributed by atoms with E-state index in [9.17, 15) is 4.79 Å². The molecule has 0 spiro atoms. The van der Waals surface area contributed by atoms with Crippen molar-refractivity contribution in [3.63, 3.8) is 0 Å². The Morgan fingerprint density at radius 2 is 1.91 bits per heavy atom. The lowest BCUT2D eigenvalue weighted by atomic mass is 10.2. The molecule has 4 heteroatoms. The number of carbonyl (C=O) groups is 1. The summed E-state index contributed by atoms with van der Waals surface area (Å²) in [5.41, 5.74) is 1.63. The minimum absolute atomic E-state index is 0.183. The predicted molar refractivity (Wildman–Crippen MR) is 94.0 cm³/mol. The molecule has 0 aliphatic rings. The van der Waals surface area contributed by atoms with Gasteiger partial charge in [0, 0.05) is 16.1 Å². The quantitative estimate of drug-likeness (QED) is 0.745. The van der Waals surface area contributed by atoms with Gasteiger partial charge in [-0.25, -0.2) is 0 Å². The van der Waals surface area contributed by atoms with Gasteiger partial charge < -0.3 is 10.1 Å². The van der Waals surface area contributed by atoms with E-state index in [4.69, 9.17) is 4.74 Å². The van der Waals surface area contributed by atoms with Crippen LogP contribution >= 0.6 is 15.9 Å². The Bertz CT molecular complexity index is 668. The number of rotatable bonds is 6. The average molecular weight is 360 g/mol. The van der Waals surface area contributed by atoms with Crippen LogP contribution in [0.25, 0.3) is 6.08 Å². The second-order valence-corrected chi connectivity index (χ2v) is 5.54. The molecule has 0 saturated carbocycles. The highest BCUT2D eigenvalue weighted by molar-refractivity contribution is 9.10. The molecule has 0 atom stereocenters. The van der Waals surface area contributed by atoms with E-state index in [0.717, 1.165) is 27.9 Å². The number of nitrogens with one attached hydrogen (secondary N) is 1. The molecule has 2 aromatic carbocycles. The Balaban J connectivity index is 2.05. The summed E-state index contributed by atoms with van der Waals surface area (Å²) in [6, 6.07) is 15.2. The maximum absolute atomic E-state index is 12.0. The molecule has 0 radical (unpaired) electrons. The maximum atomic E-state index is 12.0. The molecular weight excluding hydrogens is 342 g/mol. The van der Waals surface area contributed by atoms with Crippen LogP contribution < -0.4 is 10.1 Å².